The molecule has 0 aliphatic heterocycles. The molecule has 1 N–H and O–H groups in total. The first kappa shape index (κ1) is 14.0. The summed E-state index contributed by atoms with van der Waals surface area (Å²) in [5.41, 5.74) is 1.29. The molecule has 1 nitrogen and oxygen atoms in total. The lowest BCUT2D eigenvalue weighted by Gasteiger charge is -2.16. The van der Waals surface area contributed by atoms with Crippen LogP contribution in [0.4, 0.5) is 0 Å². The second kappa shape index (κ2) is 6.68. The monoisotopic (exact) mass is 363 g/mol. The summed E-state index contributed by atoms with van der Waals surface area (Å²) in [6, 6.07) is 17.3. The molecule has 0 saturated carbocycles. The molecule has 4 heteroatoms. The van der Waals surface area contributed by atoms with Gasteiger partial charge >= 0.3 is 0 Å². The van der Waals surface area contributed by atoms with Crippen LogP contribution < -0.4 is 5.32 Å². The number of rotatable bonds is 5. The molecule has 3 rings (SSSR count). The van der Waals surface area contributed by atoms with E-state index in [2.05, 4.69) is 80.5 Å². The standard InChI is InChI=1S/C16H14BrNS2/c17-13-5-1-4-12(10-13)11-18-16(14-6-2-8-19-14)15-7-3-9-20-15/h1-10,16,18H,11H2. The Hall–Kier alpha value is -0.940. The molecule has 1 aromatic carbocycles. The number of nitrogens with one attached hydrogen (secondary N) is 1. The fourth-order valence-electron chi connectivity index (χ4n) is 2.12. The van der Waals surface area contributed by atoms with E-state index in [-0.39, 0.29) is 6.04 Å². The van der Waals surface area contributed by atoms with E-state index >= 15 is 0 Å². The van der Waals surface area contributed by atoms with E-state index in [1.54, 1.807) is 22.7 Å². The van der Waals surface area contributed by atoms with Gasteiger partial charge in [-0.3, -0.25) is 0 Å². The molecular weight excluding hydrogens is 350 g/mol. The summed E-state index contributed by atoms with van der Waals surface area (Å²) in [4.78, 5) is 2.73. The van der Waals surface area contributed by atoms with E-state index < -0.39 is 0 Å². The highest BCUT2D eigenvalue weighted by atomic mass is 79.9. The van der Waals surface area contributed by atoms with Crippen molar-refractivity contribution in [2.45, 2.75) is 12.6 Å². The van der Waals surface area contributed by atoms with Crippen molar-refractivity contribution < 1.29 is 0 Å². The maximum absolute atomic E-state index is 3.67. The van der Waals surface area contributed by atoms with Gasteiger partial charge in [0, 0.05) is 20.8 Å². The van der Waals surface area contributed by atoms with Gasteiger partial charge in [0.25, 0.3) is 0 Å². The summed E-state index contributed by atoms with van der Waals surface area (Å²) in [6.07, 6.45) is 0. The minimum Gasteiger partial charge on any atom is -0.301 e. The quantitative estimate of drug-likeness (QED) is 0.635. The summed E-state index contributed by atoms with van der Waals surface area (Å²) in [5.74, 6) is 0. The Kier molecular flexibility index (Phi) is 4.68. The van der Waals surface area contributed by atoms with Gasteiger partial charge in [0.05, 0.1) is 6.04 Å². The van der Waals surface area contributed by atoms with Gasteiger partial charge in [-0.05, 0) is 40.6 Å². The van der Waals surface area contributed by atoms with Gasteiger partial charge in [-0.15, -0.1) is 22.7 Å². The number of halogens is 1. The van der Waals surface area contributed by atoms with E-state index in [1.807, 2.05) is 0 Å². The van der Waals surface area contributed by atoms with Crippen molar-refractivity contribution in [1.82, 2.24) is 5.32 Å². The second-order valence-corrected chi connectivity index (χ2v) is 7.35. The third-order valence-electron chi connectivity index (χ3n) is 3.05. The summed E-state index contributed by atoms with van der Waals surface area (Å²) in [7, 11) is 0. The molecule has 0 aliphatic carbocycles. The second-order valence-electron chi connectivity index (χ2n) is 4.47. The topological polar surface area (TPSA) is 12.0 Å². The Morgan fingerprint density at radius 3 is 2.20 bits per heavy atom. The predicted molar refractivity (Wildman–Crippen MR) is 91.5 cm³/mol. The smallest absolute Gasteiger partial charge is 0.0767 e. The van der Waals surface area contributed by atoms with Gasteiger partial charge < -0.3 is 5.32 Å². The molecule has 0 saturated heterocycles. The molecule has 0 spiro atoms. The zero-order chi connectivity index (χ0) is 13.8. The van der Waals surface area contributed by atoms with Crippen LogP contribution in [0.1, 0.15) is 21.4 Å². The molecule has 0 amide bonds. The summed E-state index contributed by atoms with van der Waals surface area (Å²) in [5, 5.41) is 7.94. The van der Waals surface area contributed by atoms with Gasteiger partial charge in [0.2, 0.25) is 0 Å². The Morgan fingerprint density at radius 1 is 0.950 bits per heavy atom. The fraction of sp³-hybridized carbons (Fsp3) is 0.125. The zero-order valence-electron chi connectivity index (χ0n) is 10.8. The van der Waals surface area contributed by atoms with Crippen LogP contribution in [0, 0.1) is 0 Å². The summed E-state index contributed by atoms with van der Waals surface area (Å²) < 4.78 is 1.13. The van der Waals surface area contributed by atoms with Gasteiger partial charge in [-0.2, -0.15) is 0 Å². The van der Waals surface area contributed by atoms with Crippen LogP contribution in [0.25, 0.3) is 0 Å². The van der Waals surface area contributed by atoms with Crippen molar-refractivity contribution in [3.63, 3.8) is 0 Å². The molecule has 0 fully saturated rings. The van der Waals surface area contributed by atoms with Crippen molar-refractivity contribution in [2.75, 3.05) is 0 Å². The third-order valence-corrected chi connectivity index (χ3v) is 5.42. The van der Waals surface area contributed by atoms with Crippen molar-refractivity contribution in [2.24, 2.45) is 0 Å². The van der Waals surface area contributed by atoms with Gasteiger partial charge in [0.15, 0.2) is 0 Å². The molecule has 3 aromatic rings. The number of benzene rings is 1. The van der Waals surface area contributed by atoms with Crippen molar-refractivity contribution in [1.29, 1.82) is 0 Å². The van der Waals surface area contributed by atoms with E-state index in [0.29, 0.717) is 0 Å². The third kappa shape index (κ3) is 3.38. The first-order valence-electron chi connectivity index (χ1n) is 6.37. The van der Waals surface area contributed by atoms with Crippen molar-refractivity contribution >= 4 is 38.6 Å². The SMILES string of the molecule is Brc1cccc(CNC(c2cccs2)c2cccs2)c1. The molecule has 20 heavy (non-hydrogen) atoms. The van der Waals surface area contributed by atoms with E-state index in [1.165, 1.54) is 15.3 Å². The molecule has 2 aromatic heterocycles. The molecule has 0 atom stereocenters. The highest BCUT2D eigenvalue weighted by Gasteiger charge is 2.15. The first-order valence-corrected chi connectivity index (χ1v) is 8.93. The Balaban J connectivity index is 1.78. The molecular formula is C16H14BrNS2. The molecule has 102 valence electrons. The Morgan fingerprint density at radius 2 is 1.65 bits per heavy atom. The van der Waals surface area contributed by atoms with Crippen molar-refractivity contribution in [3.8, 4) is 0 Å². The van der Waals surface area contributed by atoms with Crippen LogP contribution in [0.15, 0.2) is 63.8 Å². The summed E-state index contributed by atoms with van der Waals surface area (Å²) in [6.45, 7) is 0.861. The molecule has 2 heterocycles. The van der Waals surface area contributed by atoms with Crippen LogP contribution in [0.3, 0.4) is 0 Å². The lowest BCUT2D eigenvalue weighted by atomic mass is 10.1. The highest BCUT2D eigenvalue weighted by molar-refractivity contribution is 9.10. The minimum absolute atomic E-state index is 0.286. The predicted octanol–water partition coefficient (Wildman–Crippen LogP) is 5.45. The van der Waals surface area contributed by atoms with Crippen LogP contribution >= 0.6 is 38.6 Å². The van der Waals surface area contributed by atoms with Crippen LogP contribution in [-0.2, 0) is 6.54 Å². The van der Waals surface area contributed by atoms with Gasteiger partial charge in [-0.1, -0.05) is 40.2 Å². The average Bonchev–Trinajstić information content (AvgIpc) is 3.12. The fourth-order valence-corrected chi connectivity index (χ4v) is 4.28. The first-order chi connectivity index (χ1) is 9.83. The molecule has 0 bridgehead atoms. The Labute approximate surface area is 135 Å². The largest absolute Gasteiger partial charge is 0.301 e. The summed E-state index contributed by atoms with van der Waals surface area (Å²) >= 11 is 7.13. The number of hydrogen-bond donors (Lipinski definition) is 1. The molecule has 0 unspecified atom stereocenters. The van der Waals surface area contributed by atoms with Gasteiger partial charge in [-0.25, -0.2) is 0 Å². The highest BCUT2D eigenvalue weighted by Crippen LogP contribution is 2.29. The van der Waals surface area contributed by atoms with Crippen LogP contribution in [-0.4, -0.2) is 0 Å². The number of thiophene rings is 2. The Bertz CT molecular complexity index is 613. The maximum Gasteiger partial charge on any atom is 0.0767 e. The van der Waals surface area contributed by atoms with Crippen LogP contribution in [0.2, 0.25) is 0 Å². The lowest BCUT2D eigenvalue weighted by Crippen LogP contribution is -2.20. The van der Waals surface area contributed by atoms with Crippen LogP contribution in [0.5, 0.6) is 0 Å². The molecule has 0 aliphatic rings. The number of hydrogen-bond acceptors (Lipinski definition) is 3. The zero-order valence-corrected chi connectivity index (χ0v) is 14.0. The van der Waals surface area contributed by atoms with Crippen molar-refractivity contribution in [3.05, 3.63) is 79.1 Å². The average molecular weight is 364 g/mol. The van der Waals surface area contributed by atoms with E-state index in [9.17, 15) is 0 Å². The van der Waals surface area contributed by atoms with E-state index in [0.717, 1.165) is 11.0 Å². The minimum atomic E-state index is 0.286. The normalized spacial score (nSPS) is 11.1. The molecule has 0 radical (unpaired) electrons. The van der Waals surface area contributed by atoms with E-state index in [4.69, 9.17) is 0 Å². The van der Waals surface area contributed by atoms with Gasteiger partial charge in [0.1, 0.15) is 0 Å². The maximum atomic E-state index is 3.67. The lowest BCUT2D eigenvalue weighted by molar-refractivity contribution is 0.621.